The number of thioether (sulfide) groups is 1. The number of fused-ring (bicyclic) bond motifs is 3. The molecule has 0 spiro atoms. The van der Waals surface area contributed by atoms with Gasteiger partial charge in [0.2, 0.25) is 0 Å². The highest BCUT2D eigenvalue weighted by molar-refractivity contribution is 7.98. The largest absolute Gasteiger partial charge is 0.396 e. The molecule has 154 valence electrons. The Bertz CT molecular complexity index is 921. The normalized spacial score (nSPS) is 23.9. The molecular weight excluding hydrogens is 402 g/mol. The van der Waals surface area contributed by atoms with Crippen LogP contribution in [0.3, 0.4) is 0 Å². The molecule has 3 aliphatic heterocycles. The smallest absolute Gasteiger partial charge is 0.0497 e. The minimum atomic E-state index is 0.0325. The standard InChI is InChI=1S/C23H28ClN3OS/c1-14(12-28)18-9-16(24)2-3-21(18)26-17-8-15-13-29-7-6-27-22-4-5-25-11-20(22)19(10-17)23(15)27/h2-3,8-10,14,20,22,25-26,28H,4-7,11-13H2,1H3/t14?,20-,22-/m0/s1. The molecule has 2 aromatic carbocycles. The number of rotatable bonds is 4. The summed E-state index contributed by atoms with van der Waals surface area (Å²) in [6.45, 7) is 5.48. The molecule has 6 heteroatoms. The zero-order valence-corrected chi connectivity index (χ0v) is 18.3. The first-order valence-electron chi connectivity index (χ1n) is 10.5. The summed E-state index contributed by atoms with van der Waals surface area (Å²) in [6.07, 6.45) is 1.22. The SMILES string of the molecule is CC(CO)c1cc(Cl)ccc1Nc1cc2c3c(c1)[C@@H]1CNCC[C@@H]1N3CCSC2. The van der Waals surface area contributed by atoms with Gasteiger partial charge in [-0.1, -0.05) is 18.5 Å². The summed E-state index contributed by atoms with van der Waals surface area (Å²) < 4.78 is 0. The van der Waals surface area contributed by atoms with Gasteiger partial charge in [0, 0.05) is 71.2 Å². The van der Waals surface area contributed by atoms with Gasteiger partial charge in [-0.15, -0.1) is 0 Å². The van der Waals surface area contributed by atoms with E-state index < -0.39 is 0 Å². The Morgan fingerprint density at radius 1 is 1.34 bits per heavy atom. The third kappa shape index (κ3) is 3.52. The number of aliphatic hydroxyl groups is 1. The predicted octanol–water partition coefficient (Wildman–Crippen LogP) is 4.69. The minimum absolute atomic E-state index is 0.0325. The summed E-state index contributed by atoms with van der Waals surface area (Å²) in [7, 11) is 0. The summed E-state index contributed by atoms with van der Waals surface area (Å²) in [5.74, 6) is 2.87. The molecule has 3 aliphatic rings. The maximum atomic E-state index is 9.69. The van der Waals surface area contributed by atoms with Crippen LogP contribution in [-0.2, 0) is 5.75 Å². The average Bonchev–Trinajstić information content (AvgIpc) is 2.90. The molecular formula is C23H28ClN3OS. The summed E-state index contributed by atoms with van der Waals surface area (Å²) in [5.41, 5.74) is 7.67. The number of benzene rings is 2. The number of anilines is 3. The lowest BCUT2D eigenvalue weighted by molar-refractivity contribution is 0.273. The minimum Gasteiger partial charge on any atom is -0.396 e. The van der Waals surface area contributed by atoms with Crippen LogP contribution in [0.4, 0.5) is 17.1 Å². The third-order valence-electron chi connectivity index (χ3n) is 6.58. The second-order valence-electron chi connectivity index (χ2n) is 8.43. The first kappa shape index (κ1) is 19.6. The van der Waals surface area contributed by atoms with Crippen molar-refractivity contribution in [1.29, 1.82) is 0 Å². The van der Waals surface area contributed by atoms with Gasteiger partial charge in [-0.3, -0.25) is 0 Å². The molecule has 3 heterocycles. The monoisotopic (exact) mass is 429 g/mol. The maximum absolute atomic E-state index is 9.69. The summed E-state index contributed by atoms with van der Waals surface area (Å²) >= 11 is 8.28. The second kappa shape index (κ2) is 8.03. The van der Waals surface area contributed by atoms with Gasteiger partial charge in [-0.05, 0) is 60.0 Å². The highest BCUT2D eigenvalue weighted by atomic mass is 35.5. The van der Waals surface area contributed by atoms with Crippen LogP contribution in [0.1, 0.15) is 41.9 Å². The lowest BCUT2D eigenvalue weighted by Crippen LogP contribution is -2.44. The molecule has 1 unspecified atom stereocenters. The average molecular weight is 430 g/mol. The first-order valence-corrected chi connectivity index (χ1v) is 12.1. The predicted molar refractivity (Wildman–Crippen MR) is 124 cm³/mol. The second-order valence-corrected chi connectivity index (χ2v) is 9.97. The number of nitrogens with zero attached hydrogens (tertiary/aromatic N) is 1. The van der Waals surface area contributed by atoms with Gasteiger partial charge in [-0.2, -0.15) is 11.8 Å². The number of nitrogens with one attached hydrogen (secondary N) is 2. The van der Waals surface area contributed by atoms with Crippen molar-refractivity contribution in [2.75, 3.05) is 42.2 Å². The van der Waals surface area contributed by atoms with Crippen LogP contribution < -0.4 is 15.5 Å². The van der Waals surface area contributed by atoms with Gasteiger partial charge >= 0.3 is 0 Å². The van der Waals surface area contributed by atoms with Crippen molar-refractivity contribution in [1.82, 2.24) is 5.32 Å². The molecule has 0 aromatic heterocycles. The van der Waals surface area contributed by atoms with Crippen LogP contribution >= 0.6 is 23.4 Å². The van der Waals surface area contributed by atoms with E-state index >= 15 is 0 Å². The lowest BCUT2D eigenvalue weighted by atomic mass is 9.89. The number of aliphatic hydroxyl groups excluding tert-OH is 1. The highest BCUT2D eigenvalue weighted by Crippen LogP contribution is 2.49. The number of hydrogen-bond donors (Lipinski definition) is 3. The van der Waals surface area contributed by atoms with Crippen LogP contribution in [0, 0.1) is 0 Å². The number of halogens is 1. The summed E-state index contributed by atoms with van der Waals surface area (Å²) in [5, 5.41) is 17.7. The van der Waals surface area contributed by atoms with Crippen molar-refractivity contribution in [2.45, 2.75) is 37.0 Å². The molecule has 3 atom stereocenters. The Morgan fingerprint density at radius 3 is 3.10 bits per heavy atom. The molecule has 2 aromatic rings. The first-order chi connectivity index (χ1) is 14.2. The van der Waals surface area contributed by atoms with Crippen molar-refractivity contribution < 1.29 is 5.11 Å². The molecule has 0 saturated carbocycles. The Morgan fingerprint density at radius 2 is 2.24 bits per heavy atom. The van der Waals surface area contributed by atoms with Crippen LogP contribution in [0.25, 0.3) is 0 Å². The van der Waals surface area contributed by atoms with E-state index in [0.29, 0.717) is 17.0 Å². The molecule has 0 amide bonds. The summed E-state index contributed by atoms with van der Waals surface area (Å²) in [4.78, 5) is 2.70. The topological polar surface area (TPSA) is 47.5 Å². The number of piperidine rings is 1. The van der Waals surface area contributed by atoms with Crippen LogP contribution in [0.15, 0.2) is 30.3 Å². The summed E-state index contributed by atoms with van der Waals surface area (Å²) in [6, 6.07) is 11.2. The van der Waals surface area contributed by atoms with Gasteiger partial charge in [0.1, 0.15) is 0 Å². The fourth-order valence-corrected chi connectivity index (χ4v) is 6.26. The van der Waals surface area contributed by atoms with Crippen molar-refractivity contribution >= 4 is 40.4 Å². The Kier molecular flexibility index (Phi) is 5.41. The van der Waals surface area contributed by atoms with Crippen LogP contribution in [0.2, 0.25) is 5.02 Å². The van der Waals surface area contributed by atoms with E-state index in [1.54, 1.807) is 0 Å². The van der Waals surface area contributed by atoms with E-state index in [2.05, 4.69) is 27.7 Å². The van der Waals surface area contributed by atoms with Gasteiger partial charge < -0.3 is 20.6 Å². The Balaban J connectivity index is 1.55. The quantitative estimate of drug-likeness (QED) is 0.658. The van der Waals surface area contributed by atoms with E-state index in [0.717, 1.165) is 42.3 Å². The Hall–Kier alpha value is -1.40. The van der Waals surface area contributed by atoms with Gasteiger partial charge in [-0.25, -0.2) is 0 Å². The molecule has 5 rings (SSSR count). The molecule has 4 nitrogen and oxygen atoms in total. The lowest BCUT2D eigenvalue weighted by Gasteiger charge is -2.33. The van der Waals surface area contributed by atoms with Crippen molar-refractivity contribution in [2.24, 2.45) is 0 Å². The zero-order valence-electron chi connectivity index (χ0n) is 16.7. The molecule has 1 saturated heterocycles. The fraction of sp³-hybridized carbons (Fsp3) is 0.478. The molecule has 3 N–H and O–H groups in total. The van der Waals surface area contributed by atoms with E-state index in [1.165, 1.54) is 29.0 Å². The van der Waals surface area contributed by atoms with E-state index in [4.69, 9.17) is 11.6 Å². The van der Waals surface area contributed by atoms with Gasteiger partial charge in [0.15, 0.2) is 0 Å². The Labute approximate surface area is 182 Å². The highest BCUT2D eigenvalue weighted by Gasteiger charge is 2.41. The molecule has 0 aliphatic carbocycles. The molecule has 0 radical (unpaired) electrons. The van der Waals surface area contributed by atoms with E-state index in [-0.39, 0.29) is 12.5 Å². The van der Waals surface area contributed by atoms with Crippen molar-refractivity contribution in [3.63, 3.8) is 0 Å². The van der Waals surface area contributed by atoms with Gasteiger partial charge in [0.05, 0.1) is 0 Å². The fourth-order valence-electron chi connectivity index (χ4n) is 5.17. The third-order valence-corrected chi connectivity index (χ3v) is 7.80. The van der Waals surface area contributed by atoms with Crippen LogP contribution in [-0.4, -0.2) is 43.1 Å². The van der Waals surface area contributed by atoms with Gasteiger partial charge in [0.25, 0.3) is 0 Å². The van der Waals surface area contributed by atoms with Crippen LogP contribution in [0.5, 0.6) is 0 Å². The zero-order chi connectivity index (χ0) is 20.0. The number of hydrogen-bond acceptors (Lipinski definition) is 5. The van der Waals surface area contributed by atoms with E-state index in [9.17, 15) is 5.11 Å². The van der Waals surface area contributed by atoms with E-state index in [1.807, 2.05) is 36.9 Å². The molecule has 1 fully saturated rings. The maximum Gasteiger partial charge on any atom is 0.0497 e. The van der Waals surface area contributed by atoms with Crippen molar-refractivity contribution in [3.05, 3.63) is 52.0 Å². The molecule has 29 heavy (non-hydrogen) atoms. The van der Waals surface area contributed by atoms with Crippen molar-refractivity contribution in [3.8, 4) is 0 Å². The molecule has 0 bridgehead atoms.